The smallest absolute Gasteiger partial charge is 0.401 e. The fourth-order valence-corrected chi connectivity index (χ4v) is 2.25. The Morgan fingerprint density at radius 3 is 2.44 bits per heavy atom. The lowest BCUT2D eigenvalue weighted by Gasteiger charge is -2.27. The van der Waals surface area contributed by atoms with Crippen LogP contribution in [0.15, 0.2) is 5.16 Å². The number of hydrogen-bond acceptors (Lipinski definition) is 3. The highest BCUT2D eigenvalue weighted by molar-refractivity contribution is 5.80. The molecule has 7 heteroatoms. The van der Waals surface area contributed by atoms with E-state index in [1.54, 1.807) is 0 Å². The maximum absolute atomic E-state index is 12.4. The Hall–Kier alpha value is -0.980. The lowest BCUT2D eigenvalue weighted by molar-refractivity contribution is -0.147. The third-order valence-corrected chi connectivity index (χ3v) is 3.14. The van der Waals surface area contributed by atoms with Crippen LogP contribution in [-0.2, 0) is 0 Å². The first-order valence-corrected chi connectivity index (χ1v) is 6.06. The van der Waals surface area contributed by atoms with Crippen molar-refractivity contribution in [1.82, 2.24) is 4.90 Å². The molecule has 0 aromatic carbocycles. The maximum Gasteiger partial charge on any atom is 0.401 e. The molecular weight excluding hydrogens is 247 g/mol. The van der Waals surface area contributed by atoms with E-state index in [1.807, 2.05) is 6.92 Å². The second kappa shape index (κ2) is 5.77. The zero-order valence-electron chi connectivity index (χ0n) is 10.5. The van der Waals surface area contributed by atoms with Crippen molar-refractivity contribution in [3.05, 3.63) is 0 Å². The third kappa shape index (κ3) is 5.12. The van der Waals surface area contributed by atoms with Crippen LogP contribution in [0.4, 0.5) is 13.2 Å². The normalized spacial score (nSPS) is 19.3. The van der Waals surface area contributed by atoms with Gasteiger partial charge in [0.05, 0.1) is 6.54 Å². The van der Waals surface area contributed by atoms with Gasteiger partial charge in [0.2, 0.25) is 0 Å². The quantitative estimate of drug-likeness (QED) is 0.322. The molecule has 3 N–H and O–H groups in total. The number of nitrogens with two attached hydrogens (primary N) is 1. The zero-order valence-corrected chi connectivity index (χ0v) is 10.5. The van der Waals surface area contributed by atoms with Crippen molar-refractivity contribution in [3.63, 3.8) is 0 Å². The molecular formula is C11H20F3N3O. The molecule has 1 aliphatic rings. The third-order valence-electron chi connectivity index (χ3n) is 3.14. The van der Waals surface area contributed by atoms with Gasteiger partial charge in [0.1, 0.15) is 5.84 Å². The molecule has 0 amide bonds. The number of oxime groups is 1. The van der Waals surface area contributed by atoms with Crippen molar-refractivity contribution in [2.75, 3.05) is 19.6 Å². The Morgan fingerprint density at radius 1 is 1.44 bits per heavy atom. The first kappa shape index (κ1) is 15.1. The van der Waals surface area contributed by atoms with Crippen molar-refractivity contribution >= 4 is 5.84 Å². The second-order valence-corrected chi connectivity index (χ2v) is 5.09. The average molecular weight is 267 g/mol. The molecule has 0 unspecified atom stereocenters. The SMILES string of the molecule is CCCN(CC(F)(F)F)CC1(CC(N)=NO)CC1. The lowest BCUT2D eigenvalue weighted by atomic mass is 10.0. The summed E-state index contributed by atoms with van der Waals surface area (Å²) in [6.07, 6.45) is -1.47. The summed E-state index contributed by atoms with van der Waals surface area (Å²) in [6, 6.07) is 0. The van der Waals surface area contributed by atoms with Gasteiger partial charge < -0.3 is 10.9 Å². The molecule has 106 valence electrons. The molecule has 0 radical (unpaired) electrons. The second-order valence-electron chi connectivity index (χ2n) is 5.09. The minimum absolute atomic E-state index is 0.0935. The molecule has 0 atom stereocenters. The van der Waals surface area contributed by atoms with Gasteiger partial charge in [-0.3, -0.25) is 4.90 Å². The zero-order chi connectivity index (χ0) is 13.8. The van der Waals surface area contributed by atoms with Gasteiger partial charge in [-0.15, -0.1) is 0 Å². The molecule has 1 fully saturated rings. The van der Waals surface area contributed by atoms with Crippen LogP contribution in [0.2, 0.25) is 0 Å². The molecule has 0 aliphatic heterocycles. The summed E-state index contributed by atoms with van der Waals surface area (Å²) < 4.78 is 37.3. The van der Waals surface area contributed by atoms with Gasteiger partial charge in [0.15, 0.2) is 0 Å². The fourth-order valence-electron chi connectivity index (χ4n) is 2.25. The summed E-state index contributed by atoms with van der Waals surface area (Å²) in [4.78, 5) is 1.41. The molecule has 0 saturated heterocycles. The van der Waals surface area contributed by atoms with Crippen molar-refractivity contribution in [1.29, 1.82) is 0 Å². The predicted octanol–water partition coefficient (Wildman–Crippen LogP) is 2.18. The number of halogens is 3. The molecule has 1 aliphatic carbocycles. The van der Waals surface area contributed by atoms with E-state index < -0.39 is 12.7 Å². The van der Waals surface area contributed by atoms with Crippen LogP contribution < -0.4 is 5.73 Å². The number of hydrogen-bond donors (Lipinski definition) is 2. The molecule has 0 bridgehead atoms. The molecule has 0 heterocycles. The van der Waals surface area contributed by atoms with Gasteiger partial charge in [-0.25, -0.2) is 0 Å². The van der Waals surface area contributed by atoms with Gasteiger partial charge in [0, 0.05) is 13.0 Å². The summed E-state index contributed by atoms with van der Waals surface area (Å²) >= 11 is 0. The van der Waals surface area contributed by atoms with Crippen LogP contribution in [-0.4, -0.2) is 41.8 Å². The number of alkyl halides is 3. The van der Waals surface area contributed by atoms with Gasteiger partial charge in [-0.1, -0.05) is 12.1 Å². The fraction of sp³-hybridized carbons (Fsp3) is 0.909. The molecule has 0 spiro atoms. The van der Waals surface area contributed by atoms with E-state index in [-0.39, 0.29) is 11.3 Å². The van der Waals surface area contributed by atoms with Gasteiger partial charge in [-0.2, -0.15) is 13.2 Å². The van der Waals surface area contributed by atoms with Crippen LogP contribution >= 0.6 is 0 Å². The van der Waals surface area contributed by atoms with E-state index in [0.29, 0.717) is 25.9 Å². The number of nitrogens with zero attached hydrogens (tertiary/aromatic N) is 2. The van der Waals surface area contributed by atoms with E-state index in [0.717, 1.165) is 12.8 Å². The molecule has 18 heavy (non-hydrogen) atoms. The number of amidine groups is 1. The van der Waals surface area contributed by atoms with Crippen LogP contribution in [0, 0.1) is 5.41 Å². The van der Waals surface area contributed by atoms with E-state index in [9.17, 15) is 13.2 Å². The highest BCUT2D eigenvalue weighted by atomic mass is 19.4. The van der Waals surface area contributed by atoms with Crippen molar-refractivity contribution in [2.24, 2.45) is 16.3 Å². The van der Waals surface area contributed by atoms with E-state index >= 15 is 0 Å². The Bertz CT molecular complexity index is 300. The van der Waals surface area contributed by atoms with E-state index in [4.69, 9.17) is 10.9 Å². The standard InChI is InChI=1S/C11H20F3N3O/c1-2-5-17(8-11(12,13)14)7-10(3-4-10)6-9(15)16-18/h18H,2-8H2,1H3,(H2,15,16). The first-order valence-electron chi connectivity index (χ1n) is 6.06. The van der Waals surface area contributed by atoms with Crippen molar-refractivity contribution in [2.45, 2.75) is 38.8 Å². The topological polar surface area (TPSA) is 61.8 Å². The first-order chi connectivity index (χ1) is 8.30. The highest BCUT2D eigenvalue weighted by Gasteiger charge is 2.45. The Balaban J connectivity index is 2.55. The Labute approximate surface area is 105 Å². The summed E-state index contributed by atoms with van der Waals surface area (Å²) in [5, 5.41) is 11.4. The Kier molecular flexibility index (Phi) is 4.84. The molecule has 4 nitrogen and oxygen atoms in total. The molecule has 1 saturated carbocycles. The van der Waals surface area contributed by atoms with Crippen molar-refractivity contribution < 1.29 is 18.4 Å². The largest absolute Gasteiger partial charge is 0.409 e. The summed E-state index contributed by atoms with van der Waals surface area (Å²) in [7, 11) is 0. The van der Waals surface area contributed by atoms with Crippen LogP contribution in [0.1, 0.15) is 32.6 Å². The average Bonchev–Trinajstić information content (AvgIpc) is 2.95. The van der Waals surface area contributed by atoms with E-state index in [2.05, 4.69) is 5.16 Å². The van der Waals surface area contributed by atoms with Crippen molar-refractivity contribution in [3.8, 4) is 0 Å². The minimum atomic E-state index is -4.18. The van der Waals surface area contributed by atoms with Crippen LogP contribution in [0.3, 0.4) is 0 Å². The summed E-state index contributed by atoms with van der Waals surface area (Å²) in [5.74, 6) is 0.0935. The van der Waals surface area contributed by atoms with Crippen LogP contribution in [0.25, 0.3) is 0 Å². The van der Waals surface area contributed by atoms with Gasteiger partial charge in [0.25, 0.3) is 0 Å². The van der Waals surface area contributed by atoms with Gasteiger partial charge >= 0.3 is 6.18 Å². The summed E-state index contributed by atoms with van der Waals surface area (Å²) in [6.45, 7) is 1.74. The molecule has 1 rings (SSSR count). The Morgan fingerprint density at radius 2 is 2.06 bits per heavy atom. The maximum atomic E-state index is 12.4. The molecule has 0 aromatic rings. The predicted molar refractivity (Wildman–Crippen MR) is 62.5 cm³/mol. The van der Waals surface area contributed by atoms with Crippen LogP contribution in [0.5, 0.6) is 0 Å². The highest BCUT2D eigenvalue weighted by Crippen LogP contribution is 2.49. The van der Waals surface area contributed by atoms with Gasteiger partial charge in [-0.05, 0) is 31.2 Å². The monoisotopic (exact) mass is 267 g/mol. The summed E-state index contributed by atoms with van der Waals surface area (Å²) in [5.41, 5.74) is 5.21. The lowest BCUT2D eigenvalue weighted by Crippen LogP contribution is -2.39. The number of rotatable bonds is 7. The minimum Gasteiger partial charge on any atom is -0.409 e. The van der Waals surface area contributed by atoms with E-state index in [1.165, 1.54) is 4.90 Å². The molecule has 0 aromatic heterocycles.